The zero-order chi connectivity index (χ0) is 17.2. The summed E-state index contributed by atoms with van der Waals surface area (Å²) in [5.74, 6) is -1.01. The van der Waals surface area contributed by atoms with Crippen molar-refractivity contribution in [3.05, 3.63) is 46.2 Å². The first-order valence-corrected chi connectivity index (χ1v) is 7.53. The molecule has 1 aromatic carbocycles. The molecule has 0 atom stereocenters. The van der Waals surface area contributed by atoms with Crippen LogP contribution in [-0.4, -0.2) is 26.4 Å². The maximum Gasteiger partial charge on any atom is 0.291 e. The highest BCUT2D eigenvalue weighted by molar-refractivity contribution is 7.89. The molecular formula is C12H11N3O7S. The van der Waals surface area contributed by atoms with Crippen LogP contribution in [-0.2, 0) is 10.0 Å². The van der Waals surface area contributed by atoms with Crippen LogP contribution in [0.2, 0.25) is 0 Å². The second-order valence-corrected chi connectivity index (χ2v) is 5.75. The smallest absolute Gasteiger partial charge is 0.291 e. The van der Waals surface area contributed by atoms with E-state index >= 15 is 0 Å². The van der Waals surface area contributed by atoms with Crippen molar-refractivity contribution >= 4 is 27.3 Å². The maximum atomic E-state index is 12.0. The lowest BCUT2D eigenvalue weighted by Crippen LogP contribution is -2.13. The first-order valence-electron chi connectivity index (χ1n) is 5.99. The number of nitrogens with one attached hydrogen (secondary N) is 1. The molecule has 0 fully saturated rings. The van der Waals surface area contributed by atoms with Crippen LogP contribution in [0.25, 0.3) is 0 Å². The van der Waals surface area contributed by atoms with E-state index in [2.05, 4.69) is 5.32 Å². The summed E-state index contributed by atoms with van der Waals surface area (Å²) in [5, 5.41) is 17.4. The number of nitrogens with two attached hydrogens (primary N) is 1. The molecule has 10 nitrogen and oxygen atoms in total. The van der Waals surface area contributed by atoms with Gasteiger partial charge in [0.25, 0.3) is 21.6 Å². The summed E-state index contributed by atoms with van der Waals surface area (Å²) in [6.45, 7) is 0. The minimum absolute atomic E-state index is 0.0609. The van der Waals surface area contributed by atoms with E-state index in [1.165, 1.54) is 19.2 Å². The molecule has 0 radical (unpaired) electrons. The Morgan fingerprint density at radius 1 is 1.35 bits per heavy atom. The molecule has 23 heavy (non-hydrogen) atoms. The number of furan rings is 1. The molecular weight excluding hydrogens is 330 g/mol. The lowest BCUT2D eigenvalue weighted by molar-refractivity contribution is -0.384. The molecule has 0 saturated carbocycles. The molecule has 0 aliphatic carbocycles. The van der Waals surface area contributed by atoms with Crippen molar-refractivity contribution in [2.45, 2.75) is 5.09 Å². The van der Waals surface area contributed by atoms with Gasteiger partial charge in [0.15, 0.2) is 5.76 Å². The Kier molecular flexibility index (Phi) is 4.33. The van der Waals surface area contributed by atoms with Crippen LogP contribution in [0, 0.1) is 10.1 Å². The second-order valence-electron chi connectivity index (χ2n) is 4.26. The highest BCUT2D eigenvalue weighted by Crippen LogP contribution is 2.29. The number of primary sulfonamides is 1. The Labute approximate surface area is 130 Å². The third kappa shape index (κ3) is 3.64. The monoisotopic (exact) mass is 341 g/mol. The van der Waals surface area contributed by atoms with Crippen molar-refractivity contribution in [1.29, 1.82) is 0 Å². The van der Waals surface area contributed by atoms with E-state index in [-0.39, 0.29) is 22.9 Å². The van der Waals surface area contributed by atoms with E-state index in [9.17, 15) is 23.3 Å². The van der Waals surface area contributed by atoms with Gasteiger partial charge in [0.1, 0.15) is 5.75 Å². The first-order chi connectivity index (χ1) is 10.7. The van der Waals surface area contributed by atoms with Crippen molar-refractivity contribution < 1.29 is 27.3 Å². The largest absolute Gasteiger partial charge is 0.494 e. The molecule has 0 aliphatic rings. The molecule has 2 rings (SSSR count). The lowest BCUT2D eigenvalue weighted by atomic mass is 10.2. The van der Waals surface area contributed by atoms with E-state index in [4.69, 9.17) is 14.3 Å². The molecule has 3 N–H and O–H groups in total. The molecule has 0 spiro atoms. The van der Waals surface area contributed by atoms with E-state index in [0.717, 1.165) is 18.2 Å². The maximum absolute atomic E-state index is 12.0. The summed E-state index contributed by atoms with van der Waals surface area (Å²) in [5.41, 5.74) is -0.0639. The number of nitrogens with zero attached hydrogens (tertiary/aromatic N) is 1. The Morgan fingerprint density at radius 3 is 2.57 bits per heavy atom. The number of amides is 1. The fourth-order valence-corrected chi connectivity index (χ4v) is 2.14. The molecule has 1 aromatic heterocycles. The molecule has 1 heterocycles. The first kappa shape index (κ1) is 16.5. The number of carbonyl (C=O) groups excluding carboxylic acids is 1. The standard InChI is InChI=1S/C12H11N3O7S/c1-21-10-6-7(15(17)18)2-3-8(10)14-12(16)9-4-5-11(22-9)23(13,19)20/h2-6H,1H3,(H,14,16)(H2,13,19,20). The van der Waals surface area contributed by atoms with Gasteiger partial charge in [-0.05, 0) is 18.2 Å². The van der Waals surface area contributed by atoms with Crippen molar-refractivity contribution in [3.8, 4) is 5.75 Å². The van der Waals surface area contributed by atoms with Gasteiger partial charge in [-0.2, -0.15) is 0 Å². The number of rotatable bonds is 5. The highest BCUT2D eigenvalue weighted by atomic mass is 32.2. The normalized spacial score (nSPS) is 11.0. The van der Waals surface area contributed by atoms with E-state index in [1.807, 2.05) is 0 Å². The van der Waals surface area contributed by atoms with E-state index in [1.54, 1.807) is 0 Å². The molecule has 11 heteroatoms. The van der Waals surface area contributed by atoms with Gasteiger partial charge in [-0.15, -0.1) is 0 Å². The van der Waals surface area contributed by atoms with Gasteiger partial charge in [-0.3, -0.25) is 14.9 Å². The van der Waals surface area contributed by atoms with Gasteiger partial charge in [-0.1, -0.05) is 0 Å². The minimum atomic E-state index is -4.06. The Bertz CT molecular complexity index is 873. The number of hydrogen-bond acceptors (Lipinski definition) is 7. The molecule has 0 unspecified atom stereocenters. The molecule has 0 aliphatic heterocycles. The van der Waals surface area contributed by atoms with Crippen LogP contribution in [0.1, 0.15) is 10.6 Å². The fraction of sp³-hybridized carbons (Fsp3) is 0.0833. The van der Waals surface area contributed by atoms with Gasteiger partial charge < -0.3 is 14.5 Å². The number of benzene rings is 1. The van der Waals surface area contributed by atoms with E-state index in [0.29, 0.717) is 0 Å². The minimum Gasteiger partial charge on any atom is -0.494 e. The quantitative estimate of drug-likeness (QED) is 0.609. The molecule has 2 aromatic rings. The number of sulfonamides is 1. The zero-order valence-electron chi connectivity index (χ0n) is 11.7. The van der Waals surface area contributed by atoms with Crippen LogP contribution in [0.15, 0.2) is 39.8 Å². The Balaban J connectivity index is 2.26. The predicted molar refractivity (Wildman–Crippen MR) is 77.7 cm³/mol. The number of nitro groups is 1. The molecule has 0 saturated heterocycles. The fourth-order valence-electron chi connectivity index (χ4n) is 1.68. The van der Waals surface area contributed by atoms with E-state index < -0.39 is 25.9 Å². The summed E-state index contributed by atoms with van der Waals surface area (Å²) in [6.07, 6.45) is 0. The Hall–Kier alpha value is -2.92. The van der Waals surface area contributed by atoms with Gasteiger partial charge in [0.05, 0.1) is 23.8 Å². The average Bonchev–Trinajstić information content (AvgIpc) is 2.97. The number of nitro benzene ring substituents is 1. The summed E-state index contributed by atoms with van der Waals surface area (Å²) in [7, 11) is -2.78. The van der Waals surface area contributed by atoms with Crippen molar-refractivity contribution in [2.24, 2.45) is 5.14 Å². The predicted octanol–water partition coefficient (Wildman–Crippen LogP) is 1.10. The highest BCUT2D eigenvalue weighted by Gasteiger charge is 2.19. The molecule has 122 valence electrons. The van der Waals surface area contributed by atoms with Crippen LogP contribution in [0.4, 0.5) is 11.4 Å². The summed E-state index contributed by atoms with van der Waals surface area (Å²) < 4.78 is 32.0. The third-order valence-electron chi connectivity index (χ3n) is 2.73. The number of ether oxygens (including phenoxy) is 1. The lowest BCUT2D eigenvalue weighted by Gasteiger charge is -2.08. The number of hydrogen-bond donors (Lipinski definition) is 2. The van der Waals surface area contributed by atoms with Gasteiger partial charge in [0.2, 0.25) is 5.09 Å². The zero-order valence-corrected chi connectivity index (χ0v) is 12.5. The van der Waals surface area contributed by atoms with Gasteiger partial charge >= 0.3 is 0 Å². The van der Waals surface area contributed by atoms with Gasteiger partial charge in [-0.25, -0.2) is 13.6 Å². The van der Waals surface area contributed by atoms with Crippen LogP contribution >= 0.6 is 0 Å². The third-order valence-corrected chi connectivity index (χ3v) is 3.51. The van der Waals surface area contributed by atoms with Crippen LogP contribution in [0.5, 0.6) is 5.75 Å². The summed E-state index contributed by atoms with van der Waals surface area (Å²) in [4.78, 5) is 22.1. The molecule has 1 amide bonds. The van der Waals surface area contributed by atoms with Crippen molar-refractivity contribution in [2.75, 3.05) is 12.4 Å². The average molecular weight is 341 g/mol. The van der Waals surface area contributed by atoms with Crippen LogP contribution in [0.3, 0.4) is 0 Å². The number of methoxy groups -OCH3 is 1. The Morgan fingerprint density at radius 2 is 2.04 bits per heavy atom. The van der Waals surface area contributed by atoms with Crippen molar-refractivity contribution in [3.63, 3.8) is 0 Å². The number of non-ortho nitro benzene ring substituents is 1. The SMILES string of the molecule is COc1cc([N+](=O)[O-])ccc1NC(=O)c1ccc(S(N)(=O)=O)o1. The second kappa shape index (κ2) is 6.06. The summed E-state index contributed by atoms with van der Waals surface area (Å²) >= 11 is 0. The number of carbonyl (C=O) groups is 1. The number of anilines is 1. The van der Waals surface area contributed by atoms with Gasteiger partial charge in [0, 0.05) is 6.07 Å². The topological polar surface area (TPSA) is 155 Å². The van der Waals surface area contributed by atoms with Crippen molar-refractivity contribution in [1.82, 2.24) is 0 Å². The summed E-state index contributed by atoms with van der Waals surface area (Å²) in [6, 6.07) is 5.76. The molecule has 0 bridgehead atoms. The van der Waals surface area contributed by atoms with Crippen LogP contribution < -0.4 is 15.2 Å².